The van der Waals surface area contributed by atoms with Crippen molar-refractivity contribution < 1.29 is 14.4 Å². The summed E-state index contributed by atoms with van der Waals surface area (Å²) in [6, 6.07) is 11.6. The number of allylic oxidation sites excluding steroid dienone is 2. The first-order valence-corrected chi connectivity index (χ1v) is 9.51. The molecule has 1 aromatic carbocycles. The molecule has 2 unspecified atom stereocenters. The number of likely N-dealkylation sites (tertiary alicyclic amines) is 1. The lowest BCUT2D eigenvalue weighted by Crippen LogP contribution is -2.38. The molecule has 28 heavy (non-hydrogen) atoms. The number of nitrogens with zero attached hydrogens (tertiary/aromatic N) is 2. The number of amides is 3. The van der Waals surface area contributed by atoms with Gasteiger partial charge in [-0.2, -0.15) is 0 Å². The highest BCUT2D eigenvalue weighted by Crippen LogP contribution is 2.34. The molecular formula is C22H23N3O3. The molecule has 2 heterocycles. The predicted molar refractivity (Wildman–Crippen MR) is 106 cm³/mol. The van der Waals surface area contributed by atoms with E-state index in [9.17, 15) is 14.4 Å². The van der Waals surface area contributed by atoms with Crippen molar-refractivity contribution in [2.24, 2.45) is 11.8 Å². The van der Waals surface area contributed by atoms with Crippen molar-refractivity contribution in [3.8, 4) is 5.69 Å². The molecule has 3 amide bonds. The van der Waals surface area contributed by atoms with Crippen LogP contribution in [-0.2, 0) is 14.4 Å². The summed E-state index contributed by atoms with van der Waals surface area (Å²) in [5.74, 6) is -1.46. The molecule has 0 radical (unpaired) electrons. The largest absolute Gasteiger partial charge is 0.324 e. The molecule has 1 aliphatic carbocycles. The van der Waals surface area contributed by atoms with Crippen molar-refractivity contribution in [1.29, 1.82) is 0 Å². The first-order chi connectivity index (χ1) is 13.5. The highest BCUT2D eigenvalue weighted by atomic mass is 16.2. The molecule has 0 bridgehead atoms. The summed E-state index contributed by atoms with van der Waals surface area (Å²) in [7, 11) is 0. The van der Waals surface area contributed by atoms with Gasteiger partial charge in [-0.3, -0.25) is 19.3 Å². The van der Waals surface area contributed by atoms with E-state index in [0.717, 1.165) is 22.0 Å². The second-order valence-corrected chi connectivity index (χ2v) is 7.47. The van der Waals surface area contributed by atoms with Crippen molar-refractivity contribution >= 4 is 23.4 Å². The van der Waals surface area contributed by atoms with Gasteiger partial charge < -0.3 is 9.88 Å². The van der Waals surface area contributed by atoms with Crippen molar-refractivity contribution in [2.75, 3.05) is 11.9 Å². The Bertz CT molecular complexity index is 943. The van der Waals surface area contributed by atoms with Crippen molar-refractivity contribution in [3.63, 3.8) is 0 Å². The number of carbonyl (C=O) groups excluding carboxylic acids is 3. The smallest absolute Gasteiger partial charge is 0.244 e. The third-order valence-corrected chi connectivity index (χ3v) is 5.56. The van der Waals surface area contributed by atoms with Gasteiger partial charge in [0.2, 0.25) is 17.7 Å². The molecule has 1 aromatic heterocycles. The number of rotatable bonds is 4. The molecule has 6 heteroatoms. The number of fused-ring (bicyclic) bond motifs is 1. The fourth-order valence-electron chi connectivity index (χ4n) is 4.17. The van der Waals surface area contributed by atoms with Crippen LogP contribution in [0.15, 0.2) is 48.6 Å². The van der Waals surface area contributed by atoms with Crippen molar-refractivity contribution in [2.45, 2.75) is 26.7 Å². The van der Waals surface area contributed by atoms with Gasteiger partial charge in [0, 0.05) is 22.8 Å². The zero-order valence-corrected chi connectivity index (χ0v) is 16.0. The van der Waals surface area contributed by atoms with Gasteiger partial charge in [0.25, 0.3) is 0 Å². The minimum atomic E-state index is -0.369. The minimum absolute atomic E-state index is 0.234. The van der Waals surface area contributed by atoms with Crippen LogP contribution in [-0.4, -0.2) is 33.7 Å². The highest BCUT2D eigenvalue weighted by Gasteiger charge is 2.47. The van der Waals surface area contributed by atoms with Crippen molar-refractivity contribution in [1.82, 2.24) is 9.47 Å². The van der Waals surface area contributed by atoms with Crippen LogP contribution in [0.2, 0.25) is 0 Å². The number of aromatic nitrogens is 1. The normalized spacial score (nSPS) is 21.1. The maximum Gasteiger partial charge on any atom is 0.244 e. The summed E-state index contributed by atoms with van der Waals surface area (Å²) in [4.78, 5) is 38.7. The summed E-state index contributed by atoms with van der Waals surface area (Å²) >= 11 is 0. The van der Waals surface area contributed by atoms with Crippen LogP contribution in [0, 0.1) is 25.7 Å². The molecule has 1 N–H and O–H groups in total. The first-order valence-electron chi connectivity index (χ1n) is 9.51. The lowest BCUT2D eigenvalue weighted by Gasteiger charge is -2.15. The van der Waals surface area contributed by atoms with Gasteiger partial charge in [0.15, 0.2) is 0 Å². The minimum Gasteiger partial charge on any atom is -0.324 e. The summed E-state index contributed by atoms with van der Waals surface area (Å²) < 4.78 is 2.10. The number of aryl methyl sites for hydroxylation is 2. The molecule has 6 nitrogen and oxygen atoms in total. The quantitative estimate of drug-likeness (QED) is 0.658. The molecule has 144 valence electrons. The van der Waals surface area contributed by atoms with Crippen molar-refractivity contribution in [3.05, 3.63) is 59.9 Å². The predicted octanol–water partition coefficient (Wildman–Crippen LogP) is 2.98. The van der Waals surface area contributed by atoms with Gasteiger partial charge in [0.1, 0.15) is 6.54 Å². The van der Waals surface area contributed by atoms with E-state index in [1.165, 1.54) is 0 Å². The van der Waals surface area contributed by atoms with Crippen LogP contribution in [0.3, 0.4) is 0 Å². The maximum atomic E-state index is 12.5. The van der Waals surface area contributed by atoms with E-state index >= 15 is 0 Å². The van der Waals surface area contributed by atoms with E-state index in [2.05, 4.69) is 9.88 Å². The van der Waals surface area contributed by atoms with E-state index in [-0.39, 0.29) is 36.1 Å². The van der Waals surface area contributed by atoms with Gasteiger partial charge >= 0.3 is 0 Å². The molecule has 2 atom stereocenters. The van der Waals surface area contributed by atoms with E-state index < -0.39 is 0 Å². The van der Waals surface area contributed by atoms with E-state index in [4.69, 9.17) is 0 Å². The Kier molecular flexibility index (Phi) is 4.63. The van der Waals surface area contributed by atoms with Crippen LogP contribution >= 0.6 is 0 Å². The maximum absolute atomic E-state index is 12.5. The number of hydrogen-bond donors (Lipinski definition) is 1. The number of benzene rings is 1. The Morgan fingerprint density at radius 3 is 2.21 bits per heavy atom. The van der Waals surface area contributed by atoms with Gasteiger partial charge in [-0.15, -0.1) is 0 Å². The van der Waals surface area contributed by atoms with E-state index in [0.29, 0.717) is 18.5 Å². The number of imide groups is 1. The monoisotopic (exact) mass is 377 g/mol. The molecule has 1 saturated heterocycles. The second-order valence-electron chi connectivity index (χ2n) is 7.47. The lowest BCUT2D eigenvalue weighted by molar-refractivity contribution is -0.142. The first kappa shape index (κ1) is 18.2. The number of nitrogens with one attached hydrogen (secondary N) is 1. The van der Waals surface area contributed by atoms with E-state index in [1.54, 1.807) is 6.07 Å². The average molecular weight is 377 g/mol. The molecule has 0 spiro atoms. The Morgan fingerprint density at radius 1 is 1.00 bits per heavy atom. The fourth-order valence-corrected chi connectivity index (χ4v) is 4.17. The molecule has 4 rings (SSSR count). The Morgan fingerprint density at radius 2 is 1.61 bits per heavy atom. The number of carbonyl (C=O) groups is 3. The highest BCUT2D eigenvalue weighted by molar-refractivity contribution is 6.08. The summed E-state index contributed by atoms with van der Waals surface area (Å²) in [5, 5.41) is 2.82. The van der Waals surface area contributed by atoms with Crippen LogP contribution < -0.4 is 5.32 Å². The Balaban J connectivity index is 1.47. The molecule has 1 fully saturated rings. The van der Waals surface area contributed by atoms with Crippen LogP contribution in [0.1, 0.15) is 24.2 Å². The molecular weight excluding hydrogens is 354 g/mol. The van der Waals surface area contributed by atoms with Crippen LogP contribution in [0.5, 0.6) is 0 Å². The SMILES string of the molecule is Cc1ccc(C)n1-c1cccc(NC(=O)CN2C(=O)C3CC=CCC3C2=O)c1. The van der Waals surface area contributed by atoms with Gasteiger partial charge in [0.05, 0.1) is 11.8 Å². The molecule has 1 aliphatic heterocycles. The summed E-state index contributed by atoms with van der Waals surface area (Å²) in [6.07, 6.45) is 5.02. The van der Waals surface area contributed by atoms with Gasteiger partial charge in [-0.05, 0) is 57.0 Å². The number of anilines is 1. The summed E-state index contributed by atoms with van der Waals surface area (Å²) in [5.41, 5.74) is 3.78. The zero-order valence-electron chi connectivity index (χ0n) is 16.0. The zero-order chi connectivity index (χ0) is 19.8. The second kappa shape index (κ2) is 7.11. The van der Waals surface area contributed by atoms with Gasteiger partial charge in [-0.1, -0.05) is 18.2 Å². The summed E-state index contributed by atoms with van der Waals surface area (Å²) in [6.45, 7) is 3.81. The lowest BCUT2D eigenvalue weighted by atomic mass is 9.85. The topological polar surface area (TPSA) is 71.4 Å². The Hall–Kier alpha value is -3.15. The standard InChI is InChI=1S/C22H23N3O3/c1-14-10-11-15(2)25(14)17-7-5-6-16(12-17)23-20(26)13-24-21(27)18-8-3-4-9-19(18)22(24)28/h3-7,10-12,18-19H,8-9,13H2,1-2H3,(H,23,26). The van der Waals surface area contributed by atoms with E-state index in [1.807, 2.05) is 56.3 Å². The van der Waals surface area contributed by atoms with Crippen LogP contribution in [0.25, 0.3) is 5.69 Å². The van der Waals surface area contributed by atoms with Gasteiger partial charge in [-0.25, -0.2) is 0 Å². The average Bonchev–Trinajstić information content (AvgIpc) is 3.14. The molecule has 0 saturated carbocycles. The number of hydrogen-bond acceptors (Lipinski definition) is 3. The molecule has 2 aliphatic rings. The fraction of sp³-hybridized carbons (Fsp3) is 0.318. The Labute approximate surface area is 163 Å². The molecule has 2 aromatic rings. The third kappa shape index (κ3) is 3.15. The van der Waals surface area contributed by atoms with Crippen LogP contribution in [0.4, 0.5) is 5.69 Å². The third-order valence-electron chi connectivity index (χ3n) is 5.56.